The van der Waals surface area contributed by atoms with Gasteiger partial charge in [0.1, 0.15) is 5.75 Å². The number of benzene rings is 2. The van der Waals surface area contributed by atoms with Crippen molar-refractivity contribution in [1.82, 2.24) is 5.32 Å². The number of carbonyl (C=O) groups excluding carboxylic acids is 1. The Morgan fingerprint density at radius 3 is 2.34 bits per heavy atom. The van der Waals surface area contributed by atoms with Crippen LogP contribution in [0.3, 0.4) is 0 Å². The SMILES string of the molecule is COc1ccc(N(Cc2ccc(OC)c(OC)c2)C(C)=O)c(C2CCNCC2)c1. The summed E-state index contributed by atoms with van der Waals surface area (Å²) in [5.74, 6) is 2.54. The number of hydrogen-bond donors (Lipinski definition) is 1. The summed E-state index contributed by atoms with van der Waals surface area (Å²) in [6.07, 6.45) is 2.09. The third-order valence-corrected chi connectivity index (χ3v) is 5.47. The lowest BCUT2D eigenvalue weighted by Crippen LogP contribution is -2.31. The minimum atomic E-state index is 0.000126. The number of nitrogens with zero attached hydrogens (tertiary/aromatic N) is 1. The Morgan fingerprint density at radius 1 is 1.00 bits per heavy atom. The van der Waals surface area contributed by atoms with E-state index in [2.05, 4.69) is 11.4 Å². The number of hydrogen-bond acceptors (Lipinski definition) is 5. The van der Waals surface area contributed by atoms with Crippen molar-refractivity contribution < 1.29 is 19.0 Å². The summed E-state index contributed by atoms with van der Waals surface area (Å²) >= 11 is 0. The molecule has 0 bridgehead atoms. The van der Waals surface area contributed by atoms with E-state index in [1.807, 2.05) is 35.2 Å². The normalized spacial score (nSPS) is 14.3. The first-order valence-electron chi connectivity index (χ1n) is 9.95. The lowest BCUT2D eigenvalue weighted by atomic mass is 9.88. The molecule has 0 radical (unpaired) electrons. The molecule has 1 aliphatic heterocycles. The summed E-state index contributed by atoms with van der Waals surface area (Å²) in [6, 6.07) is 11.8. The standard InChI is InChI=1S/C23H30N2O4/c1-16(26)25(15-17-5-8-22(28-3)23(13-17)29-4)21-7-6-19(27-2)14-20(21)18-9-11-24-12-10-18/h5-8,13-14,18,24H,9-12,15H2,1-4H3. The zero-order valence-electron chi connectivity index (χ0n) is 17.7. The molecular formula is C23H30N2O4. The molecule has 1 fully saturated rings. The number of methoxy groups -OCH3 is 3. The van der Waals surface area contributed by atoms with Crippen molar-refractivity contribution in [3.05, 3.63) is 47.5 Å². The molecule has 2 aromatic carbocycles. The van der Waals surface area contributed by atoms with Crippen molar-refractivity contribution in [3.8, 4) is 17.2 Å². The van der Waals surface area contributed by atoms with Gasteiger partial charge in [0.05, 0.1) is 27.9 Å². The van der Waals surface area contributed by atoms with Crippen LogP contribution in [-0.4, -0.2) is 40.3 Å². The second kappa shape index (κ2) is 9.65. The topological polar surface area (TPSA) is 60.0 Å². The summed E-state index contributed by atoms with van der Waals surface area (Å²) in [4.78, 5) is 14.5. The minimum absolute atomic E-state index is 0.000126. The van der Waals surface area contributed by atoms with Crippen molar-refractivity contribution in [3.63, 3.8) is 0 Å². The van der Waals surface area contributed by atoms with Gasteiger partial charge in [-0.3, -0.25) is 4.79 Å². The van der Waals surface area contributed by atoms with Gasteiger partial charge < -0.3 is 24.4 Å². The number of rotatable bonds is 7. The number of piperidine rings is 1. The third-order valence-electron chi connectivity index (χ3n) is 5.47. The fourth-order valence-corrected chi connectivity index (χ4v) is 3.89. The molecule has 0 spiro atoms. The van der Waals surface area contributed by atoms with Gasteiger partial charge in [0, 0.05) is 12.6 Å². The zero-order valence-corrected chi connectivity index (χ0v) is 17.7. The zero-order chi connectivity index (χ0) is 20.8. The second-order valence-corrected chi connectivity index (χ2v) is 7.24. The van der Waals surface area contributed by atoms with E-state index in [0.717, 1.165) is 42.9 Å². The van der Waals surface area contributed by atoms with Gasteiger partial charge in [-0.15, -0.1) is 0 Å². The third kappa shape index (κ3) is 4.82. The van der Waals surface area contributed by atoms with Gasteiger partial charge in [0.2, 0.25) is 5.91 Å². The van der Waals surface area contributed by atoms with E-state index in [-0.39, 0.29) is 5.91 Å². The highest BCUT2D eigenvalue weighted by atomic mass is 16.5. The molecule has 1 saturated heterocycles. The van der Waals surface area contributed by atoms with Crippen LogP contribution in [0.2, 0.25) is 0 Å². The molecule has 156 valence electrons. The van der Waals surface area contributed by atoms with E-state index in [0.29, 0.717) is 24.0 Å². The van der Waals surface area contributed by atoms with Crippen molar-refractivity contribution >= 4 is 11.6 Å². The molecular weight excluding hydrogens is 368 g/mol. The summed E-state index contributed by atoms with van der Waals surface area (Å²) in [5, 5.41) is 3.41. The Morgan fingerprint density at radius 2 is 1.72 bits per heavy atom. The van der Waals surface area contributed by atoms with Gasteiger partial charge in [-0.1, -0.05) is 6.07 Å². The summed E-state index contributed by atoms with van der Waals surface area (Å²) in [7, 11) is 4.90. The molecule has 0 aromatic heterocycles. The molecule has 0 unspecified atom stereocenters. The maximum absolute atomic E-state index is 12.6. The quantitative estimate of drug-likeness (QED) is 0.770. The van der Waals surface area contributed by atoms with Gasteiger partial charge >= 0.3 is 0 Å². The first kappa shape index (κ1) is 21.0. The molecule has 1 amide bonds. The molecule has 1 heterocycles. The Kier molecular flexibility index (Phi) is 6.99. The number of anilines is 1. The Hall–Kier alpha value is -2.73. The molecule has 29 heavy (non-hydrogen) atoms. The van der Waals surface area contributed by atoms with Crippen molar-refractivity contribution in [2.45, 2.75) is 32.2 Å². The van der Waals surface area contributed by atoms with Gasteiger partial charge in [-0.2, -0.15) is 0 Å². The average molecular weight is 399 g/mol. The van der Waals surface area contributed by atoms with Crippen LogP contribution in [-0.2, 0) is 11.3 Å². The van der Waals surface area contributed by atoms with E-state index >= 15 is 0 Å². The Bertz CT molecular complexity index is 847. The van der Waals surface area contributed by atoms with Crippen LogP contribution in [0.25, 0.3) is 0 Å². The van der Waals surface area contributed by atoms with Crippen molar-refractivity contribution in [2.75, 3.05) is 39.3 Å². The molecule has 6 heteroatoms. The summed E-state index contributed by atoms with van der Waals surface area (Å²) in [6.45, 7) is 4.03. The van der Waals surface area contributed by atoms with Gasteiger partial charge in [-0.25, -0.2) is 0 Å². The van der Waals surface area contributed by atoms with Crippen LogP contribution < -0.4 is 24.4 Å². The monoisotopic (exact) mass is 398 g/mol. The van der Waals surface area contributed by atoms with E-state index in [1.165, 1.54) is 5.56 Å². The highest BCUT2D eigenvalue weighted by Crippen LogP contribution is 2.37. The van der Waals surface area contributed by atoms with Crippen LogP contribution in [0.1, 0.15) is 36.8 Å². The van der Waals surface area contributed by atoms with Crippen LogP contribution >= 0.6 is 0 Å². The molecule has 3 rings (SSSR count). The Balaban J connectivity index is 1.97. The maximum Gasteiger partial charge on any atom is 0.224 e. The number of amides is 1. The Labute approximate surface area is 172 Å². The second-order valence-electron chi connectivity index (χ2n) is 7.24. The van der Waals surface area contributed by atoms with E-state index in [9.17, 15) is 4.79 Å². The fourth-order valence-electron chi connectivity index (χ4n) is 3.89. The predicted molar refractivity (Wildman–Crippen MR) is 114 cm³/mol. The summed E-state index contributed by atoms with van der Waals surface area (Å²) < 4.78 is 16.2. The first-order chi connectivity index (χ1) is 14.1. The van der Waals surface area contributed by atoms with Crippen LogP contribution in [0.5, 0.6) is 17.2 Å². The first-order valence-corrected chi connectivity index (χ1v) is 9.95. The highest BCUT2D eigenvalue weighted by Gasteiger charge is 2.24. The van der Waals surface area contributed by atoms with Crippen molar-refractivity contribution in [1.29, 1.82) is 0 Å². The number of ether oxygens (including phenoxy) is 3. The molecule has 6 nitrogen and oxygen atoms in total. The maximum atomic E-state index is 12.6. The van der Waals surface area contributed by atoms with Crippen molar-refractivity contribution in [2.24, 2.45) is 0 Å². The highest BCUT2D eigenvalue weighted by molar-refractivity contribution is 5.92. The minimum Gasteiger partial charge on any atom is -0.497 e. The largest absolute Gasteiger partial charge is 0.497 e. The number of carbonyl (C=O) groups is 1. The fraction of sp³-hybridized carbons (Fsp3) is 0.435. The molecule has 2 aromatic rings. The van der Waals surface area contributed by atoms with Crippen LogP contribution in [0, 0.1) is 0 Å². The molecule has 0 atom stereocenters. The molecule has 1 aliphatic rings. The van der Waals surface area contributed by atoms with Gasteiger partial charge in [-0.05, 0) is 73.3 Å². The van der Waals surface area contributed by atoms with E-state index in [4.69, 9.17) is 14.2 Å². The van der Waals surface area contributed by atoms with Gasteiger partial charge in [0.25, 0.3) is 0 Å². The van der Waals surface area contributed by atoms with Crippen LogP contribution in [0.15, 0.2) is 36.4 Å². The lowest BCUT2D eigenvalue weighted by Gasteiger charge is -2.30. The number of nitrogens with one attached hydrogen (secondary N) is 1. The average Bonchev–Trinajstić information content (AvgIpc) is 2.77. The van der Waals surface area contributed by atoms with Gasteiger partial charge in [0.15, 0.2) is 11.5 Å². The molecule has 0 aliphatic carbocycles. The molecule has 0 saturated carbocycles. The predicted octanol–water partition coefficient (Wildman–Crippen LogP) is 3.73. The smallest absolute Gasteiger partial charge is 0.224 e. The van der Waals surface area contributed by atoms with E-state index < -0.39 is 0 Å². The van der Waals surface area contributed by atoms with E-state index in [1.54, 1.807) is 28.3 Å². The molecule has 1 N–H and O–H groups in total. The van der Waals surface area contributed by atoms with Crippen LogP contribution in [0.4, 0.5) is 5.69 Å². The summed E-state index contributed by atoms with van der Waals surface area (Å²) in [5.41, 5.74) is 3.09. The lowest BCUT2D eigenvalue weighted by molar-refractivity contribution is -0.116.